The van der Waals surface area contributed by atoms with Crippen molar-refractivity contribution in [2.24, 2.45) is 0 Å². The van der Waals surface area contributed by atoms with Gasteiger partial charge in [0.15, 0.2) is 9.84 Å². The highest BCUT2D eigenvalue weighted by molar-refractivity contribution is 7.91. The van der Waals surface area contributed by atoms with Crippen LogP contribution in [-0.2, 0) is 22.7 Å². The smallest absolute Gasteiger partial charge is 0.257 e. The number of hydrogen-bond acceptors (Lipinski definition) is 5. The second-order valence-corrected chi connectivity index (χ2v) is 8.88. The van der Waals surface area contributed by atoms with Gasteiger partial charge in [0, 0.05) is 4.88 Å². The molecule has 0 radical (unpaired) electrons. The van der Waals surface area contributed by atoms with E-state index in [-0.39, 0.29) is 16.2 Å². The summed E-state index contributed by atoms with van der Waals surface area (Å²) in [5.41, 5.74) is 1.64. The van der Waals surface area contributed by atoms with Gasteiger partial charge in [-0.2, -0.15) is 5.26 Å². The molecule has 0 fully saturated rings. The average molecular weight is 360 g/mol. The number of nitrogens with one attached hydrogen (secondary N) is 1. The standard InChI is InChI=1S/C17H16N2O3S2/c1-2-24(21,22)15-9-4-3-6-12(15)16(20)19-17-13(10-18)11-7-5-8-14(11)23-17/h3-4,6,9H,2,5,7-8H2,1H3,(H,19,20). The van der Waals surface area contributed by atoms with Crippen LogP contribution in [0.1, 0.15) is 39.7 Å². The fourth-order valence-electron chi connectivity index (χ4n) is 2.86. The summed E-state index contributed by atoms with van der Waals surface area (Å²) in [6.45, 7) is 1.54. The molecule has 0 unspecified atom stereocenters. The number of aryl methyl sites for hydroxylation is 1. The third-order valence-corrected chi connectivity index (χ3v) is 7.10. The average Bonchev–Trinajstić information content (AvgIpc) is 3.15. The van der Waals surface area contributed by atoms with E-state index in [9.17, 15) is 18.5 Å². The Labute approximate surface area is 144 Å². The van der Waals surface area contributed by atoms with Gasteiger partial charge in [0.05, 0.1) is 21.8 Å². The summed E-state index contributed by atoms with van der Waals surface area (Å²) in [6, 6.07) is 8.32. The van der Waals surface area contributed by atoms with E-state index in [4.69, 9.17) is 0 Å². The molecule has 0 atom stereocenters. The van der Waals surface area contributed by atoms with Gasteiger partial charge in [-0.1, -0.05) is 19.1 Å². The van der Waals surface area contributed by atoms with E-state index < -0.39 is 15.7 Å². The van der Waals surface area contributed by atoms with Crippen LogP contribution in [0.2, 0.25) is 0 Å². The molecule has 1 aliphatic carbocycles. The summed E-state index contributed by atoms with van der Waals surface area (Å²) >= 11 is 1.41. The van der Waals surface area contributed by atoms with Gasteiger partial charge in [0.1, 0.15) is 11.1 Å². The number of anilines is 1. The number of amides is 1. The number of nitriles is 1. The lowest BCUT2D eigenvalue weighted by atomic mass is 10.1. The first-order chi connectivity index (χ1) is 11.5. The van der Waals surface area contributed by atoms with Crippen molar-refractivity contribution >= 4 is 32.1 Å². The molecule has 1 amide bonds. The number of nitrogens with zero attached hydrogens (tertiary/aromatic N) is 1. The lowest BCUT2D eigenvalue weighted by Crippen LogP contribution is -2.17. The van der Waals surface area contributed by atoms with Crippen LogP contribution < -0.4 is 5.32 Å². The zero-order valence-electron chi connectivity index (χ0n) is 13.1. The van der Waals surface area contributed by atoms with Gasteiger partial charge in [-0.3, -0.25) is 4.79 Å². The van der Waals surface area contributed by atoms with Crippen LogP contribution in [0.3, 0.4) is 0 Å². The molecule has 0 bridgehead atoms. The van der Waals surface area contributed by atoms with Crippen molar-refractivity contribution in [3.05, 3.63) is 45.8 Å². The minimum atomic E-state index is -3.50. The predicted octanol–water partition coefficient (Wildman–Crippen LogP) is 3.15. The van der Waals surface area contributed by atoms with Crippen LogP contribution in [0.15, 0.2) is 29.2 Å². The quantitative estimate of drug-likeness (QED) is 0.907. The first kappa shape index (κ1) is 16.7. The lowest BCUT2D eigenvalue weighted by molar-refractivity contribution is 0.102. The fourth-order valence-corrected chi connectivity index (χ4v) is 5.19. The maximum absolute atomic E-state index is 12.6. The van der Waals surface area contributed by atoms with Gasteiger partial charge in [-0.05, 0) is 37.0 Å². The number of benzene rings is 1. The summed E-state index contributed by atoms with van der Waals surface area (Å²) < 4.78 is 24.4. The monoisotopic (exact) mass is 360 g/mol. The number of carbonyl (C=O) groups excluding carboxylic acids is 1. The Kier molecular flexibility index (Phi) is 4.43. The number of carbonyl (C=O) groups is 1. The highest BCUT2D eigenvalue weighted by atomic mass is 32.2. The van der Waals surface area contributed by atoms with Crippen LogP contribution >= 0.6 is 11.3 Å². The zero-order chi connectivity index (χ0) is 17.3. The van der Waals surface area contributed by atoms with Crippen LogP contribution in [0.25, 0.3) is 0 Å². The maximum atomic E-state index is 12.6. The molecule has 1 aromatic heterocycles. The Morgan fingerprint density at radius 2 is 2.08 bits per heavy atom. The molecule has 1 aromatic carbocycles. The SMILES string of the molecule is CCS(=O)(=O)c1ccccc1C(=O)Nc1sc2c(c1C#N)CCC2. The van der Waals surface area contributed by atoms with Crippen LogP contribution in [-0.4, -0.2) is 20.1 Å². The van der Waals surface area contributed by atoms with E-state index in [0.717, 1.165) is 29.7 Å². The van der Waals surface area contributed by atoms with Crippen LogP contribution in [0, 0.1) is 11.3 Å². The normalized spacial score (nSPS) is 13.3. The highest BCUT2D eigenvalue weighted by Gasteiger charge is 2.25. The van der Waals surface area contributed by atoms with Gasteiger partial charge < -0.3 is 5.32 Å². The van der Waals surface area contributed by atoms with Crippen molar-refractivity contribution in [2.45, 2.75) is 31.1 Å². The van der Waals surface area contributed by atoms with Crippen molar-refractivity contribution in [3.8, 4) is 6.07 Å². The van der Waals surface area contributed by atoms with E-state index in [2.05, 4.69) is 11.4 Å². The van der Waals surface area contributed by atoms with Crippen molar-refractivity contribution in [2.75, 3.05) is 11.1 Å². The Balaban J connectivity index is 1.97. The first-order valence-corrected chi connectivity index (χ1v) is 10.1. The zero-order valence-corrected chi connectivity index (χ0v) is 14.8. The summed E-state index contributed by atoms with van der Waals surface area (Å²) in [5.74, 6) is -0.576. The number of rotatable bonds is 4. The minimum absolute atomic E-state index is 0.0209. The van der Waals surface area contributed by atoms with Crippen LogP contribution in [0.4, 0.5) is 5.00 Å². The van der Waals surface area contributed by atoms with Gasteiger partial charge in [0.25, 0.3) is 5.91 Å². The molecular weight excluding hydrogens is 344 g/mol. The third kappa shape index (κ3) is 2.83. The lowest BCUT2D eigenvalue weighted by Gasteiger charge is -2.09. The minimum Gasteiger partial charge on any atom is -0.312 e. The van der Waals surface area contributed by atoms with Crippen molar-refractivity contribution in [1.29, 1.82) is 5.26 Å². The second-order valence-electron chi connectivity index (χ2n) is 5.53. The second kappa shape index (κ2) is 6.38. The van der Waals surface area contributed by atoms with Gasteiger partial charge in [0.2, 0.25) is 0 Å². The summed E-state index contributed by atoms with van der Waals surface area (Å²) in [7, 11) is -3.50. The van der Waals surface area contributed by atoms with Crippen molar-refractivity contribution in [1.82, 2.24) is 0 Å². The van der Waals surface area contributed by atoms with Crippen LogP contribution in [0.5, 0.6) is 0 Å². The van der Waals surface area contributed by atoms with E-state index >= 15 is 0 Å². The molecule has 1 N–H and O–H groups in total. The largest absolute Gasteiger partial charge is 0.312 e. The van der Waals surface area contributed by atoms with Gasteiger partial charge >= 0.3 is 0 Å². The molecule has 1 heterocycles. The number of thiophene rings is 1. The van der Waals surface area contributed by atoms with Crippen molar-refractivity contribution < 1.29 is 13.2 Å². The molecule has 2 aromatic rings. The molecule has 0 spiro atoms. The Hall–Kier alpha value is -2.17. The Bertz CT molecular complexity index is 953. The van der Waals surface area contributed by atoms with Gasteiger partial charge in [-0.25, -0.2) is 8.42 Å². The first-order valence-electron chi connectivity index (χ1n) is 7.65. The van der Waals surface area contributed by atoms with Crippen molar-refractivity contribution in [3.63, 3.8) is 0 Å². The number of hydrogen-bond donors (Lipinski definition) is 1. The van der Waals surface area contributed by atoms with Gasteiger partial charge in [-0.15, -0.1) is 11.3 Å². The van der Waals surface area contributed by atoms with E-state index in [0.29, 0.717) is 10.6 Å². The van der Waals surface area contributed by atoms with E-state index in [1.165, 1.54) is 23.5 Å². The summed E-state index contributed by atoms with van der Waals surface area (Å²) in [4.78, 5) is 13.8. The Morgan fingerprint density at radius 1 is 1.33 bits per heavy atom. The molecule has 0 saturated heterocycles. The maximum Gasteiger partial charge on any atom is 0.257 e. The molecule has 0 aliphatic heterocycles. The molecule has 124 valence electrons. The molecular formula is C17H16N2O3S2. The molecule has 5 nitrogen and oxygen atoms in total. The highest BCUT2D eigenvalue weighted by Crippen LogP contribution is 2.38. The fraction of sp³-hybridized carbons (Fsp3) is 0.294. The predicted molar refractivity (Wildman–Crippen MR) is 93.2 cm³/mol. The topological polar surface area (TPSA) is 87.0 Å². The van der Waals surface area contributed by atoms with E-state index in [1.807, 2.05) is 0 Å². The van der Waals surface area contributed by atoms with E-state index in [1.54, 1.807) is 19.1 Å². The summed E-state index contributed by atoms with van der Waals surface area (Å²) in [6.07, 6.45) is 2.80. The Morgan fingerprint density at radius 3 is 2.79 bits per heavy atom. The third-order valence-electron chi connectivity index (χ3n) is 4.11. The molecule has 24 heavy (non-hydrogen) atoms. The number of sulfone groups is 1. The molecule has 3 rings (SSSR count). The molecule has 1 aliphatic rings. The molecule has 7 heteroatoms. The number of fused-ring (bicyclic) bond motifs is 1. The summed E-state index contributed by atoms with van der Waals surface area (Å²) in [5, 5.41) is 12.6. The molecule has 0 saturated carbocycles.